The molecule has 0 spiro atoms. The highest BCUT2D eigenvalue weighted by atomic mass is 15.2. The average molecular weight is 246 g/mol. The zero-order chi connectivity index (χ0) is 13.0. The minimum atomic E-state index is 0.183. The van der Waals surface area contributed by atoms with E-state index in [9.17, 15) is 0 Å². The first kappa shape index (κ1) is 13.4. The number of nitrogens with zero attached hydrogens (tertiary/aromatic N) is 1. The number of nitrogens with two attached hydrogens (primary N) is 1. The van der Waals surface area contributed by atoms with E-state index in [1.165, 1.54) is 43.5 Å². The van der Waals surface area contributed by atoms with Crippen LogP contribution in [-0.4, -0.2) is 12.6 Å². The fraction of sp³-hybridized carbons (Fsp3) is 0.625. The number of benzene rings is 1. The molecule has 2 atom stereocenters. The monoisotopic (exact) mass is 246 g/mol. The van der Waals surface area contributed by atoms with Crippen molar-refractivity contribution >= 4 is 5.69 Å². The topological polar surface area (TPSA) is 29.3 Å². The van der Waals surface area contributed by atoms with Gasteiger partial charge in [-0.15, -0.1) is 0 Å². The van der Waals surface area contributed by atoms with Crippen molar-refractivity contribution in [1.82, 2.24) is 0 Å². The van der Waals surface area contributed by atoms with Gasteiger partial charge >= 0.3 is 0 Å². The van der Waals surface area contributed by atoms with Crippen molar-refractivity contribution in [2.45, 2.75) is 58.0 Å². The van der Waals surface area contributed by atoms with Crippen LogP contribution in [0.5, 0.6) is 0 Å². The van der Waals surface area contributed by atoms with Gasteiger partial charge in [-0.05, 0) is 49.8 Å². The molecule has 100 valence electrons. The molecule has 1 saturated heterocycles. The Morgan fingerprint density at radius 1 is 1.22 bits per heavy atom. The summed E-state index contributed by atoms with van der Waals surface area (Å²) < 4.78 is 0. The van der Waals surface area contributed by atoms with E-state index in [4.69, 9.17) is 5.73 Å². The number of rotatable bonds is 4. The van der Waals surface area contributed by atoms with E-state index < -0.39 is 0 Å². The largest absolute Gasteiger partial charge is 0.369 e. The van der Waals surface area contributed by atoms with Gasteiger partial charge in [-0.25, -0.2) is 0 Å². The lowest BCUT2D eigenvalue weighted by Crippen LogP contribution is -2.39. The smallest absolute Gasteiger partial charge is 0.0368 e. The molecule has 1 heterocycles. The second-order valence-electron chi connectivity index (χ2n) is 5.36. The van der Waals surface area contributed by atoms with Gasteiger partial charge in [0.25, 0.3) is 0 Å². The van der Waals surface area contributed by atoms with Gasteiger partial charge in [0, 0.05) is 24.3 Å². The first-order chi connectivity index (χ1) is 8.76. The molecule has 1 aromatic rings. The van der Waals surface area contributed by atoms with E-state index in [0.29, 0.717) is 0 Å². The Morgan fingerprint density at radius 2 is 1.94 bits per heavy atom. The van der Waals surface area contributed by atoms with E-state index in [2.05, 4.69) is 43.0 Å². The maximum absolute atomic E-state index is 6.06. The Morgan fingerprint density at radius 3 is 2.56 bits per heavy atom. The molecule has 1 aliphatic heterocycles. The fourth-order valence-electron chi connectivity index (χ4n) is 2.91. The second kappa shape index (κ2) is 6.24. The molecule has 1 aromatic carbocycles. The predicted molar refractivity (Wildman–Crippen MR) is 78.9 cm³/mol. The normalized spacial score (nSPS) is 21.9. The van der Waals surface area contributed by atoms with E-state index in [1.54, 1.807) is 0 Å². The zero-order valence-corrected chi connectivity index (χ0v) is 11.7. The summed E-state index contributed by atoms with van der Waals surface area (Å²) in [5.74, 6) is 0. The maximum Gasteiger partial charge on any atom is 0.0368 e. The number of hydrogen-bond donors (Lipinski definition) is 1. The molecule has 0 radical (unpaired) electrons. The van der Waals surface area contributed by atoms with Crippen molar-refractivity contribution in [2.24, 2.45) is 5.73 Å². The lowest BCUT2D eigenvalue weighted by molar-refractivity contribution is 0.450. The van der Waals surface area contributed by atoms with Gasteiger partial charge in [0.05, 0.1) is 0 Å². The average Bonchev–Trinajstić information content (AvgIpc) is 2.46. The minimum absolute atomic E-state index is 0.183. The van der Waals surface area contributed by atoms with Crippen molar-refractivity contribution < 1.29 is 0 Å². The third-order valence-electron chi connectivity index (χ3n) is 4.19. The molecular formula is C16H26N2. The lowest BCUT2D eigenvalue weighted by atomic mass is 9.98. The van der Waals surface area contributed by atoms with Gasteiger partial charge < -0.3 is 10.6 Å². The highest BCUT2D eigenvalue weighted by molar-refractivity contribution is 5.49. The Bertz CT molecular complexity index is 358. The Hall–Kier alpha value is -1.02. The maximum atomic E-state index is 6.06. The van der Waals surface area contributed by atoms with Gasteiger partial charge in [0.15, 0.2) is 0 Å². The van der Waals surface area contributed by atoms with Crippen LogP contribution >= 0.6 is 0 Å². The number of piperidine rings is 1. The highest BCUT2D eigenvalue weighted by Gasteiger charge is 2.20. The van der Waals surface area contributed by atoms with Gasteiger partial charge in [-0.2, -0.15) is 0 Å². The summed E-state index contributed by atoms with van der Waals surface area (Å²) in [6, 6.07) is 9.81. The van der Waals surface area contributed by atoms with E-state index in [-0.39, 0.29) is 6.04 Å². The summed E-state index contributed by atoms with van der Waals surface area (Å²) in [6.07, 6.45) is 6.30. The van der Waals surface area contributed by atoms with Crippen molar-refractivity contribution in [3.8, 4) is 0 Å². The molecule has 18 heavy (non-hydrogen) atoms. The summed E-state index contributed by atoms with van der Waals surface area (Å²) in [6.45, 7) is 5.64. The molecule has 1 fully saturated rings. The summed E-state index contributed by atoms with van der Waals surface area (Å²) in [5.41, 5.74) is 8.69. The van der Waals surface area contributed by atoms with Crippen LogP contribution in [0.2, 0.25) is 0 Å². The van der Waals surface area contributed by atoms with Crippen LogP contribution in [0.15, 0.2) is 24.3 Å². The molecule has 0 aromatic heterocycles. The van der Waals surface area contributed by atoms with E-state index >= 15 is 0 Å². The number of anilines is 1. The Balaban J connectivity index is 2.12. The molecule has 0 saturated carbocycles. The van der Waals surface area contributed by atoms with Crippen LogP contribution in [0.4, 0.5) is 5.69 Å². The van der Waals surface area contributed by atoms with Crippen LogP contribution in [-0.2, 0) is 0 Å². The first-order valence-electron chi connectivity index (χ1n) is 7.38. The SMILES string of the molecule is CCC(N)c1ccc(N2CCCCC2CC)cc1. The predicted octanol–water partition coefficient (Wildman–Crippen LogP) is 3.87. The van der Waals surface area contributed by atoms with Crippen LogP contribution < -0.4 is 10.6 Å². The number of hydrogen-bond acceptors (Lipinski definition) is 2. The first-order valence-corrected chi connectivity index (χ1v) is 7.38. The third kappa shape index (κ3) is 2.86. The van der Waals surface area contributed by atoms with Gasteiger partial charge in [-0.3, -0.25) is 0 Å². The molecule has 0 aliphatic carbocycles. The Kier molecular flexibility index (Phi) is 4.65. The lowest BCUT2D eigenvalue weighted by Gasteiger charge is -2.37. The molecule has 2 unspecified atom stereocenters. The molecule has 2 nitrogen and oxygen atoms in total. The third-order valence-corrected chi connectivity index (χ3v) is 4.19. The molecule has 0 bridgehead atoms. The van der Waals surface area contributed by atoms with E-state index in [0.717, 1.165) is 12.5 Å². The van der Waals surface area contributed by atoms with Crippen LogP contribution in [0.3, 0.4) is 0 Å². The standard InChI is InChI=1S/C16H26N2/c1-3-14-7-5-6-12-18(14)15-10-8-13(9-11-15)16(17)4-2/h8-11,14,16H,3-7,12,17H2,1-2H3. The van der Waals surface area contributed by atoms with Gasteiger partial charge in [-0.1, -0.05) is 26.0 Å². The van der Waals surface area contributed by atoms with Gasteiger partial charge in [0.2, 0.25) is 0 Å². The summed E-state index contributed by atoms with van der Waals surface area (Å²) in [5, 5.41) is 0. The molecule has 0 amide bonds. The van der Waals surface area contributed by atoms with Crippen molar-refractivity contribution in [1.29, 1.82) is 0 Å². The van der Waals surface area contributed by atoms with Crippen molar-refractivity contribution in [3.63, 3.8) is 0 Å². The van der Waals surface area contributed by atoms with Crippen molar-refractivity contribution in [2.75, 3.05) is 11.4 Å². The van der Waals surface area contributed by atoms with Gasteiger partial charge in [0.1, 0.15) is 0 Å². The van der Waals surface area contributed by atoms with Crippen molar-refractivity contribution in [3.05, 3.63) is 29.8 Å². The molecule has 2 heteroatoms. The van der Waals surface area contributed by atoms with Crippen LogP contribution in [0.1, 0.15) is 57.6 Å². The summed E-state index contributed by atoms with van der Waals surface area (Å²) in [4.78, 5) is 2.57. The zero-order valence-electron chi connectivity index (χ0n) is 11.7. The van der Waals surface area contributed by atoms with Crippen LogP contribution in [0.25, 0.3) is 0 Å². The Labute approximate surface area is 111 Å². The van der Waals surface area contributed by atoms with E-state index in [1.807, 2.05) is 0 Å². The molecule has 1 aliphatic rings. The minimum Gasteiger partial charge on any atom is -0.369 e. The molecule has 2 rings (SSSR count). The summed E-state index contributed by atoms with van der Waals surface area (Å²) in [7, 11) is 0. The summed E-state index contributed by atoms with van der Waals surface area (Å²) >= 11 is 0. The molecule has 2 N–H and O–H groups in total. The fourth-order valence-corrected chi connectivity index (χ4v) is 2.91. The second-order valence-corrected chi connectivity index (χ2v) is 5.36. The molecular weight excluding hydrogens is 220 g/mol. The van der Waals surface area contributed by atoms with Crippen LogP contribution in [0, 0.1) is 0 Å². The quantitative estimate of drug-likeness (QED) is 0.874. The highest BCUT2D eigenvalue weighted by Crippen LogP contribution is 2.27.